The number of anilines is 1. The number of para-hydroxylation sites is 1. The molecule has 0 amide bonds. The van der Waals surface area contributed by atoms with Gasteiger partial charge in [-0.3, -0.25) is 0 Å². The lowest BCUT2D eigenvalue weighted by molar-refractivity contribution is 0.419. The van der Waals surface area contributed by atoms with Crippen molar-refractivity contribution in [3.05, 3.63) is 72.3 Å². The second kappa shape index (κ2) is 7.84. The van der Waals surface area contributed by atoms with E-state index in [1.54, 1.807) is 7.11 Å². The van der Waals surface area contributed by atoms with Gasteiger partial charge in [0.05, 0.1) is 7.11 Å². The van der Waals surface area contributed by atoms with Gasteiger partial charge in [0.1, 0.15) is 5.75 Å². The van der Waals surface area contributed by atoms with Crippen LogP contribution in [0.3, 0.4) is 0 Å². The Morgan fingerprint density at radius 3 is 2.33 bits per heavy atom. The maximum Gasteiger partial charge on any atom is 0.126 e. The average molecular weight is 320 g/mol. The number of ether oxygens (including phenoxy) is 1. The highest BCUT2D eigenvalue weighted by atomic mass is 16.5. The highest BCUT2D eigenvalue weighted by Crippen LogP contribution is 2.28. The monoisotopic (exact) mass is 320 g/mol. The van der Waals surface area contributed by atoms with E-state index in [4.69, 9.17) is 4.74 Å². The smallest absolute Gasteiger partial charge is 0.126 e. The second-order valence-electron chi connectivity index (χ2n) is 5.91. The summed E-state index contributed by atoms with van der Waals surface area (Å²) in [6.45, 7) is 2.76. The molecule has 0 aliphatic carbocycles. The van der Waals surface area contributed by atoms with Crippen LogP contribution >= 0.6 is 0 Å². The van der Waals surface area contributed by atoms with Crippen LogP contribution in [0.1, 0.15) is 5.56 Å². The van der Waals surface area contributed by atoms with Crippen molar-refractivity contribution < 1.29 is 4.74 Å². The van der Waals surface area contributed by atoms with Crippen molar-refractivity contribution in [2.45, 2.75) is 6.54 Å². The Kier molecular flexibility index (Phi) is 5.34. The minimum atomic E-state index is 0.854. The zero-order valence-corrected chi connectivity index (χ0v) is 14.3. The summed E-state index contributed by atoms with van der Waals surface area (Å²) < 4.78 is 5.46. The minimum Gasteiger partial charge on any atom is -0.496 e. The Labute approximate surface area is 143 Å². The summed E-state index contributed by atoms with van der Waals surface area (Å²) in [4.78, 5) is 2.26. The molecule has 0 spiro atoms. The molecule has 3 heteroatoms. The number of likely N-dealkylation sites (N-methyl/N-ethyl adjacent to an activating group) is 1. The van der Waals surface area contributed by atoms with Crippen molar-refractivity contribution in [1.29, 1.82) is 0 Å². The largest absolute Gasteiger partial charge is 0.496 e. The standard InChI is InChI=1S/C21H24N2O/c1-23(18-8-4-3-5-9-18)15-14-22-16-17-12-13-21(24-2)20-11-7-6-10-19(17)20/h3-13,22H,14-16H2,1-2H3. The highest BCUT2D eigenvalue weighted by Gasteiger charge is 2.06. The lowest BCUT2D eigenvalue weighted by Crippen LogP contribution is -2.28. The predicted octanol–water partition coefficient (Wildman–Crippen LogP) is 4.07. The van der Waals surface area contributed by atoms with E-state index in [-0.39, 0.29) is 0 Å². The maximum absolute atomic E-state index is 5.46. The number of rotatable bonds is 7. The fourth-order valence-electron chi connectivity index (χ4n) is 2.95. The maximum atomic E-state index is 5.46. The molecule has 3 aromatic rings. The second-order valence-corrected chi connectivity index (χ2v) is 5.91. The molecule has 0 bridgehead atoms. The van der Waals surface area contributed by atoms with Crippen molar-refractivity contribution in [1.82, 2.24) is 5.32 Å². The first kappa shape index (κ1) is 16.3. The van der Waals surface area contributed by atoms with E-state index in [0.717, 1.165) is 25.4 Å². The summed E-state index contributed by atoms with van der Waals surface area (Å²) in [7, 11) is 3.85. The van der Waals surface area contributed by atoms with Crippen molar-refractivity contribution in [2.24, 2.45) is 0 Å². The van der Waals surface area contributed by atoms with Crippen LogP contribution in [0.4, 0.5) is 5.69 Å². The van der Waals surface area contributed by atoms with E-state index in [9.17, 15) is 0 Å². The molecular formula is C21H24N2O. The van der Waals surface area contributed by atoms with Gasteiger partial charge in [0.15, 0.2) is 0 Å². The molecule has 0 aliphatic rings. The molecule has 0 fully saturated rings. The Morgan fingerprint density at radius 1 is 0.875 bits per heavy atom. The summed E-state index contributed by atoms with van der Waals surface area (Å²) in [6.07, 6.45) is 0. The van der Waals surface area contributed by atoms with Gasteiger partial charge < -0.3 is 15.0 Å². The Hall–Kier alpha value is -2.52. The van der Waals surface area contributed by atoms with Crippen molar-refractivity contribution >= 4 is 16.5 Å². The van der Waals surface area contributed by atoms with Gasteiger partial charge in [-0.15, -0.1) is 0 Å². The third kappa shape index (κ3) is 3.69. The molecule has 0 aromatic heterocycles. The summed E-state index contributed by atoms with van der Waals surface area (Å²) in [6, 6.07) is 23.1. The molecule has 0 atom stereocenters. The number of nitrogens with zero attached hydrogens (tertiary/aromatic N) is 1. The van der Waals surface area contributed by atoms with E-state index in [0.29, 0.717) is 0 Å². The fraction of sp³-hybridized carbons (Fsp3) is 0.238. The van der Waals surface area contributed by atoms with Crippen LogP contribution in [0.2, 0.25) is 0 Å². The molecule has 3 nitrogen and oxygen atoms in total. The Bertz CT molecular complexity index is 786. The van der Waals surface area contributed by atoms with Gasteiger partial charge in [-0.05, 0) is 29.1 Å². The zero-order chi connectivity index (χ0) is 16.8. The summed E-state index contributed by atoms with van der Waals surface area (Å²) >= 11 is 0. The van der Waals surface area contributed by atoms with Gasteiger partial charge in [-0.2, -0.15) is 0 Å². The minimum absolute atomic E-state index is 0.854. The van der Waals surface area contributed by atoms with Crippen molar-refractivity contribution in [3.8, 4) is 5.75 Å². The van der Waals surface area contributed by atoms with E-state index in [1.165, 1.54) is 22.0 Å². The van der Waals surface area contributed by atoms with Gasteiger partial charge in [-0.25, -0.2) is 0 Å². The number of benzene rings is 3. The molecule has 124 valence electrons. The van der Waals surface area contributed by atoms with E-state index >= 15 is 0 Å². The summed E-state index contributed by atoms with van der Waals surface area (Å²) in [5.41, 5.74) is 2.54. The molecule has 3 rings (SSSR count). The van der Waals surface area contributed by atoms with Crippen molar-refractivity contribution in [3.63, 3.8) is 0 Å². The van der Waals surface area contributed by atoms with Crippen LogP contribution in [0, 0.1) is 0 Å². The van der Waals surface area contributed by atoms with Gasteiger partial charge in [0, 0.05) is 37.8 Å². The van der Waals surface area contributed by atoms with E-state index < -0.39 is 0 Å². The first-order chi connectivity index (χ1) is 11.8. The first-order valence-corrected chi connectivity index (χ1v) is 8.31. The lowest BCUT2D eigenvalue weighted by atomic mass is 10.0. The van der Waals surface area contributed by atoms with Crippen molar-refractivity contribution in [2.75, 3.05) is 32.1 Å². The van der Waals surface area contributed by atoms with Crippen LogP contribution in [0.15, 0.2) is 66.7 Å². The SMILES string of the molecule is COc1ccc(CNCCN(C)c2ccccc2)c2ccccc12. The quantitative estimate of drug-likeness (QED) is 0.664. The Balaban J connectivity index is 1.60. The van der Waals surface area contributed by atoms with Crippen LogP contribution in [-0.4, -0.2) is 27.2 Å². The van der Waals surface area contributed by atoms with E-state index in [2.05, 4.69) is 77.9 Å². The van der Waals surface area contributed by atoms with E-state index in [1.807, 2.05) is 6.07 Å². The van der Waals surface area contributed by atoms with Gasteiger partial charge in [-0.1, -0.05) is 48.5 Å². The average Bonchev–Trinajstić information content (AvgIpc) is 2.65. The molecule has 24 heavy (non-hydrogen) atoms. The lowest BCUT2D eigenvalue weighted by Gasteiger charge is -2.19. The van der Waals surface area contributed by atoms with Crippen LogP contribution in [0.5, 0.6) is 5.75 Å². The van der Waals surface area contributed by atoms with Gasteiger partial charge >= 0.3 is 0 Å². The zero-order valence-electron chi connectivity index (χ0n) is 14.3. The van der Waals surface area contributed by atoms with Crippen LogP contribution in [0.25, 0.3) is 10.8 Å². The molecule has 3 aromatic carbocycles. The number of hydrogen-bond acceptors (Lipinski definition) is 3. The topological polar surface area (TPSA) is 24.5 Å². The third-order valence-electron chi connectivity index (χ3n) is 4.33. The molecule has 0 aliphatic heterocycles. The van der Waals surface area contributed by atoms with Crippen LogP contribution < -0.4 is 15.0 Å². The van der Waals surface area contributed by atoms with Gasteiger partial charge in [0.2, 0.25) is 0 Å². The normalized spacial score (nSPS) is 10.8. The molecule has 0 saturated heterocycles. The number of fused-ring (bicyclic) bond motifs is 1. The number of methoxy groups -OCH3 is 1. The van der Waals surface area contributed by atoms with Crippen LogP contribution in [-0.2, 0) is 6.54 Å². The summed E-state index contributed by atoms with van der Waals surface area (Å²) in [5.74, 6) is 0.929. The number of hydrogen-bond donors (Lipinski definition) is 1. The molecular weight excluding hydrogens is 296 g/mol. The molecule has 0 heterocycles. The number of nitrogens with one attached hydrogen (secondary N) is 1. The molecule has 0 saturated carbocycles. The predicted molar refractivity (Wildman–Crippen MR) is 102 cm³/mol. The third-order valence-corrected chi connectivity index (χ3v) is 4.33. The van der Waals surface area contributed by atoms with Gasteiger partial charge in [0.25, 0.3) is 0 Å². The summed E-state index contributed by atoms with van der Waals surface area (Å²) in [5, 5.41) is 5.97. The first-order valence-electron chi connectivity index (χ1n) is 8.31. The molecule has 0 radical (unpaired) electrons. The highest BCUT2D eigenvalue weighted by molar-refractivity contribution is 5.91. The molecule has 0 unspecified atom stereocenters. The fourth-order valence-corrected chi connectivity index (χ4v) is 2.95. The Morgan fingerprint density at radius 2 is 1.58 bits per heavy atom. The molecule has 1 N–H and O–H groups in total.